The molecular formula is C12H15N2O2. The molecular weight excluding hydrogens is 204 g/mol. The van der Waals surface area contributed by atoms with E-state index in [1.165, 1.54) is 0 Å². The molecule has 1 radical (unpaired) electrons. The molecule has 4 heteroatoms. The molecule has 85 valence electrons. The van der Waals surface area contributed by atoms with Crippen LogP contribution in [0.1, 0.15) is 12.5 Å². The van der Waals surface area contributed by atoms with E-state index in [4.69, 9.17) is 5.73 Å². The van der Waals surface area contributed by atoms with Crippen molar-refractivity contribution < 1.29 is 9.59 Å². The molecule has 0 fully saturated rings. The third-order valence-corrected chi connectivity index (χ3v) is 2.17. The molecule has 0 aliphatic carbocycles. The van der Waals surface area contributed by atoms with E-state index >= 15 is 0 Å². The van der Waals surface area contributed by atoms with Crippen LogP contribution in [-0.4, -0.2) is 24.3 Å². The molecule has 0 saturated heterocycles. The van der Waals surface area contributed by atoms with Crippen molar-refractivity contribution in [3.05, 3.63) is 35.9 Å². The second-order valence-corrected chi connectivity index (χ2v) is 3.64. The summed E-state index contributed by atoms with van der Waals surface area (Å²) < 4.78 is 0. The lowest BCUT2D eigenvalue weighted by molar-refractivity contribution is -0.122. The average Bonchev–Trinajstić information content (AvgIpc) is 2.30. The SMILES string of the molecule is C[C@@H]([C]=O)NC(=O)[C@@H](N)Cc1ccccc1. The van der Waals surface area contributed by atoms with Crippen LogP contribution >= 0.6 is 0 Å². The van der Waals surface area contributed by atoms with E-state index in [0.717, 1.165) is 5.56 Å². The fraction of sp³-hybridized carbons (Fsp3) is 0.333. The Labute approximate surface area is 94.8 Å². The lowest BCUT2D eigenvalue weighted by Crippen LogP contribution is -2.45. The topological polar surface area (TPSA) is 72.2 Å². The number of rotatable bonds is 5. The highest BCUT2D eigenvalue weighted by molar-refractivity contribution is 5.84. The Morgan fingerprint density at radius 3 is 2.62 bits per heavy atom. The predicted molar refractivity (Wildman–Crippen MR) is 61.4 cm³/mol. The molecule has 1 rings (SSSR count). The molecule has 0 saturated carbocycles. The van der Waals surface area contributed by atoms with Gasteiger partial charge in [-0.05, 0) is 18.9 Å². The maximum atomic E-state index is 11.5. The fourth-order valence-corrected chi connectivity index (χ4v) is 1.31. The highest BCUT2D eigenvalue weighted by atomic mass is 16.2. The Morgan fingerprint density at radius 2 is 2.06 bits per heavy atom. The lowest BCUT2D eigenvalue weighted by atomic mass is 10.1. The van der Waals surface area contributed by atoms with Gasteiger partial charge >= 0.3 is 0 Å². The van der Waals surface area contributed by atoms with Gasteiger partial charge in [0.1, 0.15) is 0 Å². The third-order valence-electron chi connectivity index (χ3n) is 2.17. The standard InChI is InChI=1S/C12H15N2O2/c1-9(8-15)14-12(16)11(13)7-10-5-3-2-4-6-10/h2-6,9,11H,7,13H2,1H3,(H,14,16)/t9-,11-/m0/s1. The molecule has 1 aromatic rings. The van der Waals surface area contributed by atoms with Crippen LogP contribution in [0.15, 0.2) is 30.3 Å². The van der Waals surface area contributed by atoms with Crippen molar-refractivity contribution >= 4 is 12.2 Å². The zero-order valence-corrected chi connectivity index (χ0v) is 9.14. The van der Waals surface area contributed by atoms with E-state index in [2.05, 4.69) is 5.32 Å². The van der Waals surface area contributed by atoms with E-state index in [1.54, 1.807) is 13.2 Å². The number of benzene rings is 1. The van der Waals surface area contributed by atoms with Crippen LogP contribution in [0, 0.1) is 0 Å². The van der Waals surface area contributed by atoms with Gasteiger partial charge in [0, 0.05) is 0 Å². The van der Waals surface area contributed by atoms with E-state index in [1.807, 2.05) is 30.3 Å². The molecule has 0 unspecified atom stereocenters. The summed E-state index contributed by atoms with van der Waals surface area (Å²) in [6.07, 6.45) is 2.13. The van der Waals surface area contributed by atoms with Crippen molar-refractivity contribution in [1.82, 2.24) is 5.32 Å². The molecule has 0 aromatic heterocycles. The number of hydrogen-bond donors (Lipinski definition) is 2. The van der Waals surface area contributed by atoms with Gasteiger partial charge in [0.15, 0.2) is 0 Å². The Bertz CT molecular complexity index is 351. The summed E-state index contributed by atoms with van der Waals surface area (Å²) in [6, 6.07) is 8.24. The van der Waals surface area contributed by atoms with Gasteiger partial charge in [0.25, 0.3) is 0 Å². The van der Waals surface area contributed by atoms with Crippen LogP contribution < -0.4 is 11.1 Å². The Morgan fingerprint density at radius 1 is 1.44 bits per heavy atom. The Hall–Kier alpha value is -1.68. The van der Waals surface area contributed by atoms with E-state index in [9.17, 15) is 9.59 Å². The van der Waals surface area contributed by atoms with Crippen molar-refractivity contribution in [1.29, 1.82) is 0 Å². The minimum atomic E-state index is -0.641. The van der Waals surface area contributed by atoms with Crippen LogP contribution in [0.25, 0.3) is 0 Å². The molecule has 1 aromatic carbocycles. The van der Waals surface area contributed by atoms with Gasteiger partial charge in [0.05, 0.1) is 12.1 Å². The molecule has 1 amide bonds. The third kappa shape index (κ3) is 3.82. The number of carbonyl (C=O) groups is 1. The van der Waals surface area contributed by atoms with Gasteiger partial charge in [0.2, 0.25) is 12.2 Å². The molecule has 16 heavy (non-hydrogen) atoms. The van der Waals surface area contributed by atoms with Crippen LogP contribution in [0.5, 0.6) is 0 Å². The molecule has 2 atom stereocenters. The van der Waals surface area contributed by atoms with Crippen molar-refractivity contribution in [3.63, 3.8) is 0 Å². The zero-order valence-electron chi connectivity index (χ0n) is 9.14. The maximum Gasteiger partial charge on any atom is 0.237 e. The summed E-state index contributed by atoms with van der Waals surface area (Å²) in [5.74, 6) is -0.334. The number of nitrogens with one attached hydrogen (secondary N) is 1. The summed E-state index contributed by atoms with van der Waals surface area (Å²) in [5.41, 5.74) is 6.70. The fourth-order valence-electron chi connectivity index (χ4n) is 1.31. The second kappa shape index (κ2) is 6.02. The van der Waals surface area contributed by atoms with Crippen molar-refractivity contribution in [3.8, 4) is 0 Å². The summed E-state index contributed by atoms with van der Waals surface area (Å²) in [6.45, 7) is 1.56. The van der Waals surface area contributed by atoms with E-state index in [-0.39, 0.29) is 5.91 Å². The van der Waals surface area contributed by atoms with Crippen LogP contribution in [0.4, 0.5) is 0 Å². The normalized spacial score (nSPS) is 13.9. The van der Waals surface area contributed by atoms with Gasteiger partial charge in [-0.15, -0.1) is 0 Å². The van der Waals surface area contributed by atoms with Gasteiger partial charge in [-0.3, -0.25) is 9.59 Å². The maximum absolute atomic E-state index is 11.5. The van der Waals surface area contributed by atoms with Gasteiger partial charge in [-0.25, -0.2) is 0 Å². The first-order valence-electron chi connectivity index (χ1n) is 5.11. The van der Waals surface area contributed by atoms with Crippen LogP contribution in [-0.2, 0) is 16.0 Å². The number of nitrogens with two attached hydrogens (primary N) is 1. The van der Waals surface area contributed by atoms with Gasteiger partial charge < -0.3 is 11.1 Å². The number of carbonyl (C=O) groups excluding carboxylic acids is 2. The number of amides is 1. The first-order valence-corrected chi connectivity index (χ1v) is 5.11. The smallest absolute Gasteiger partial charge is 0.237 e. The Kier molecular flexibility index (Phi) is 4.66. The first kappa shape index (κ1) is 12.4. The zero-order chi connectivity index (χ0) is 12.0. The lowest BCUT2D eigenvalue weighted by Gasteiger charge is -2.13. The van der Waals surface area contributed by atoms with Gasteiger partial charge in [-0.1, -0.05) is 30.3 Å². The molecule has 0 aliphatic heterocycles. The van der Waals surface area contributed by atoms with Crippen molar-refractivity contribution in [2.75, 3.05) is 0 Å². The molecule has 0 bridgehead atoms. The highest BCUT2D eigenvalue weighted by Crippen LogP contribution is 2.01. The minimum absolute atomic E-state index is 0.334. The van der Waals surface area contributed by atoms with Crippen molar-refractivity contribution in [2.45, 2.75) is 25.4 Å². The molecule has 3 N–H and O–H groups in total. The Balaban J connectivity index is 2.49. The van der Waals surface area contributed by atoms with Gasteiger partial charge in [-0.2, -0.15) is 0 Å². The quantitative estimate of drug-likeness (QED) is 0.741. The van der Waals surface area contributed by atoms with Crippen LogP contribution in [0.2, 0.25) is 0 Å². The van der Waals surface area contributed by atoms with E-state index in [0.29, 0.717) is 6.42 Å². The summed E-state index contributed by atoms with van der Waals surface area (Å²) in [5, 5.41) is 2.46. The molecule has 0 heterocycles. The minimum Gasteiger partial charge on any atom is -0.345 e. The predicted octanol–water partition coefficient (Wildman–Crippen LogP) is 0.171. The monoisotopic (exact) mass is 219 g/mol. The largest absolute Gasteiger partial charge is 0.345 e. The summed E-state index contributed by atoms with van der Waals surface area (Å²) >= 11 is 0. The average molecular weight is 219 g/mol. The molecule has 4 nitrogen and oxygen atoms in total. The number of hydrogen-bond acceptors (Lipinski definition) is 3. The summed E-state index contributed by atoms with van der Waals surface area (Å²) in [7, 11) is 0. The molecule has 0 aliphatic rings. The summed E-state index contributed by atoms with van der Waals surface area (Å²) in [4.78, 5) is 21.7. The molecule has 0 spiro atoms. The van der Waals surface area contributed by atoms with Crippen molar-refractivity contribution in [2.24, 2.45) is 5.73 Å². The van der Waals surface area contributed by atoms with Crippen LogP contribution in [0.3, 0.4) is 0 Å². The first-order chi connectivity index (χ1) is 7.63. The van der Waals surface area contributed by atoms with E-state index < -0.39 is 12.1 Å². The second-order valence-electron chi connectivity index (χ2n) is 3.64. The highest BCUT2D eigenvalue weighted by Gasteiger charge is 2.15.